The van der Waals surface area contributed by atoms with Crippen molar-refractivity contribution in [1.82, 2.24) is 4.98 Å². The molecule has 0 radical (unpaired) electrons. The Morgan fingerprint density at radius 2 is 1.14 bits per heavy atom. The molecule has 7 aromatic rings. The predicted molar refractivity (Wildman–Crippen MR) is 214 cm³/mol. The van der Waals surface area contributed by atoms with Crippen molar-refractivity contribution in [3.05, 3.63) is 203 Å². The molecule has 1 aromatic heterocycles. The monoisotopic (exact) mass is 653 g/mol. The van der Waals surface area contributed by atoms with E-state index in [1.54, 1.807) is 0 Å². The van der Waals surface area contributed by atoms with Crippen LogP contribution in [0.1, 0.15) is 47.1 Å². The molecule has 51 heavy (non-hydrogen) atoms. The molecular weight excluding hydrogens is 615 g/mol. The van der Waals surface area contributed by atoms with Gasteiger partial charge < -0.3 is 0 Å². The van der Waals surface area contributed by atoms with Gasteiger partial charge in [-0.25, -0.2) is 4.98 Å². The molecule has 1 heteroatoms. The Balaban J connectivity index is 1.06. The number of aryl methyl sites for hydroxylation is 1. The number of allylic oxidation sites excluding steroid dienone is 4. The highest BCUT2D eigenvalue weighted by molar-refractivity contribution is 5.91. The lowest BCUT2D eigenvalue weighted by atomic mass is 9.81. The summed E-state index contributed by atoms with van der Waals surface area (Å²) >= 11 is 0. The van der Waals surface area contributed by atoms with Crippen LogP contribution in [0.2, 0.25) is 0 Å². The third-order valence-corrected chi connectivity index (χ3v) is 10.8. The first-order valence-electron chi connectivity index (χ1n) is 18.0. The van der Waals surface area contributed by atoms with Gasteiger partial charge in [-0.1, -0.05) is 158 Å². The highest BCUT2D eigenvalue weighted by Crippen LogP contribution is 2.46. The van der Waals surface area contributed by atoms with Crippen molar-refractivity contribution in [2.45, 2.75) is 32.6 Å². The van der Waals surface area contributed by atoms with Gasteiger partial charge in [-0.15, -0.1) is 0 Å². The van der Waals surface area contributed by atoms with Crippen molar-refractivity contribution >= 4 is 5.57 Å². The Morgan fingerprint density at radius 3 is 1.84 bits per heavy atom. The standard InChI is InChI=1S/C50H39N/c1-33-12-9-10-18-44(33)46-29-39(21-20-34(46)2)40-26-27-41-28-42-17-11-19-45(50(42)47(41)30-40)36-24-22-35(23-25-36)43-31-48(37-13-5-3-6-14-37)51-49(32-43)38-15-7-4-8-16-38/h3-27,30-32,39H,28-29H2,1-2H3. The molecule has 6 aromatic carbocycles. The van der Waals surface area contributed by atoms with E-state index in [0.29, 0.717) is 5.92 Å². The fraction of sp³-hybridized carbons (Fsp3) is 0.100. The number of fused-ring (bicyclic) bond motifs is 3. The van der Waals surface area contributed by atoms with E-state index in [0.717, 1.165) is 40.9 Å². The maximum absolute atomic E-state index is 5.09. The maximum Gasteiger partial charge on any atom is 0.0715 e. The maximum atomic E-state index is 5.09. The van der Waals surface area contributed by atoms with Gasteiger partial charge >= 0.3 is 0 Å². The summed E-state index contributed by atoms with van der Waals surface area (Å²) in [5.41, 5.74) is 21.6. The van der Waals surface area contributed by atoms with Crippen molar-refractivity contribution in [2.24, 2.45) is 0 Å². The van der Waals surface area contributed by atoms with Crippen molar-refractivity contribution in [1.29, 1.82) is 0 Å². The second-order valence-corrected chi connectivity index (χ2v) is 14.0. The van der Waals surface area contributed by atoms with E-state index in [1.165, 1.54) is 66.8 Å². The molecule has 2 aliphatic carbocycles. The Hall–Kier alpha value is -6.05. The topological polar surface area (TPSA) is 12.9 Å². The van der Waals surface area contributed by atoms with E-state index in [1.807, 2.05) is 0 Å². The van der Waals surface area contributed by atoms with E-state index >= 15 is 0 Å². The van der Waals surface area contributed by atoms with E-state index in [2.05, 4.69) is 184 Å². The number of pyridine rings is 1. The first-order valence-corrected chi connectivity index (χ1v) is 18.0. The second kappa shape index (κ2) is 13.0. The van der Waals surface area contributed by atoms with Gasteiger partial charge in [-0.3, -0.25) is 0 Å². The van der Waals surface area contributed by atoms with Gasteiger partial charge in [0.15, 0.2) is 0 Å². The van der Waals surface area contributed by atoms with Crippen LogP contribution in [0.15, 0.2) is 175 Å². The normalized spacial score (nSPS) is 14.7. The lowest BCUT2D eigenvalue weighted by Crippen LogP contribution is -2.04. The van der Waals surface area contributed by atoms with Gasteiger partial charge in [0.2, 0.25) is 0 Å². The zero-order valence-corrected chi connectivity index (χ0v) is 29.1. The largest absolute Gasteiger partial charge is 0.248 e. The van der Waals surface area contributed by atoms with Crippen LogP contribution >= 0.6 is 0 Å². The van der Waals surface area contributed by atoms with Gasteiger partial charge in [-0.05, 0) is 111 Å². The lowest BCUT2D eigenvalue weighted by molar-refractivity contribution is 0.859. The molecular formula is C50H39N. The summed E-state index contributed by atoms with van der Waals surface area (Å²) in [5, 5.41) is 0. The van der Waals surface area contributed by atoms with Crippen molar-refractivity contribution in [3.8, 4) is 55.9 Å². The molecule has 9 rings (SSSR count). The summed E-state index contributed by atoms with van der Waals surface area (Å²) in [5.74, 6) is 0.353. The molecule has 0 saturated carbocycles. The summed E-state index contributed by atoms with van der Waals surface area (Å²) in [6, 6.07) is 57.4. The molecule has 0 bridgehead atoms. The molecule has 0 N–H and O–H groups in total. The molecule has 0 spiro atoms. The molecule has 1 heterocycles. The number of aromatic nitrogens is 1. The van der Waals surface area contributed by atoms with Crippen LogP contribution in [-0.2, 0) is 6.42 Å². The molecule has 1 unspecified atom stereocenters. The first-order chi connectivity index (χ1) is 25.1. The summed E-state index contributed by atoms with van der Waals surface area (Å²) < 4.78 is 0. The van der Waals surface area contributed by atoms with Crippen LogP contribution in [-0.4, -0.2) is 4.98 Å². The first kappa shape index (κ1) is 31.0. The van der Waals surface area contributed by atoms with Crippen LogP contribution in [0.3, 0.4) is 0 Å². The fourth-order valence-corrected chi connectivity index (χ4v) is 8.05. The minimum absolute atomic E-state index is 0.353. The van der Waals surface area contributed by atoms with Crippen molar-refractivity contribution < 1.29 is 0 Å². The molecule has 0 amide bonds. The zero-order chi connectivity index (χ0) is 34.3. The molecule has 2 aliphatic rings. The van der Waals surface area contributed by atoms with Crippen molar-refractivity contribution in [2.75, 3.05) is 0 Å². The zero-order valence-electron chi connectivity index (χ0n) is 29.1. The van der Waals surface area contributed by atoms with Crippen LogP contribution in [0, 0.1) is 6.92 Å². The fourth-order valence-electron chi connectivity index (χ4n) is 8.05. The van der Waals surface area contributed by atoms with Gasteiger partial charge in [0.05, 0.1) is 11.4 Å². The average Bonchev–Trinajstić information content (AvgIpc) is 3.57. The SMILES string of the molecule is CC1=C(c2ccccc2C)CC(c2ccc3c(c2)-c2c(cccc2-c2ccc(-c4cc(-c5ccccc5)nc(-c5ccccc5)c4)cc2)C3)C=C1. The highest BCUT2D eigenvalue weighted by atomic mass is 14.7. The summed E-state index contributed by atoms with van der Waals surface area (Å²) in [7, 11) is 0. The lowest BCUT2D eigenvalue weighted by Gasteiger charge is -2.24. The van der Waals surface area contributed by atoms with E-state index < -0.39 is 0 Å². The predicted octanol–water partition coefficient (Wildman–Crippen LogP) is 13.1. The van der Waals surface area contributed by atoms with Crippen LogP contribution in [0.4, 0.5) is 0 Å². The third-order valence-electron chi connectivity index (χ3n) is 10.8. The average molecular weight is 654 g/mol. The quantitative estimate of drug-likeness (QED) is 0.174. The van der Waals surface area contributed by atoms with E-state index in [4.69, 9.17) is 4.98 Å². The van der Waals surface area contributed by atoms with Crippen LogP contribution < -0.4 is 0 Å². The van der Waals surface area contributed by atoms with Crippen LogP contribution in [0.5, 0.6) is 0 Å². The van der Waals surface area contributed by atoms with Gasteiger partial charge in [0.1, 0.15) is 0 Å². The smallest absolute Gasteiger partial charge is 0.0715 e. The number of rotatable bonds is 6. The Morgan fingerprint density at radius 1 is 0.490 bits per heavy atom. The highest BCUT2D eigenvalue weighted by Gasteiger charge is 2.25. The molecule has 244 valence electrons. The number of hydrogen-bond donors (Lipinski definition) is 0. The summed E-state index contributed by atoms with van der Waals surface area (Å²) in [4.78, 5) is 5.09. The Labute approximate surface area is 301 Å². The Bertz CT molecular complexity index is 2410. The third kappa shape index (κ3) is 5.85. The van der Waals surface area contributed by atoms with Crippen molar-refractivity contribution in [3.63, 3.8) is 0 Å². The minimum atomic E-state index is 0.353. The number of benzene rings is 6. The molecule has 0 aliphatic heterocycles. The van der Waals surface area contributed by atoms with Gasteiger partial charge in [0, 0.05) is 17.0 Å². The van der Waals surface area contributed by atoms with Crippen LogP contribution in [0.25, 0.3) is 61.5 Å². The second-order valence-electron chi connectivity index (χ2n) is 14.0. The molecule has 0 saturated heterocycles. The summed E-state index contributed by atoms with van der Waals surface area (Å²) in [6.07, 6.45) is 6.74. The number of hydrogen-bond acceptors (Lipinski definition) is 1. The minimum Gasteiger partial charge on any atom is -0.248 e. The van der Waals surface area contributed by atoms with Gasteiger partial charge in [0.25, 0.3) is 0 Å². The summed E-state index contributed by atoms with van der Waals surface area (Å²) in [6.45, 7) is 4.48. The van der Waals surface area contributed by atoms with Gasteiger partial charge in [-0.2, -0.15) is 0 Å². The molecule has 1 nitrogen and oxygen atoms in total. The molecule has 1 atom stereocenters. The van der Waals surface area contributed by atoms with E-state index in [-0.39, 0.29) is 0 Å². The molecule has 0 fully saturated rings. The number of nitrogens with zero attached hydrogens (tertiary/aromatic N) is 1. The Kier molecular flexibility index (Phi) is 7.90. The van der Waals surface area contributed by atoms with E-state index in [9.17, 15) is 0 Å².